The fraction of sp³-hybridized carbons (Fsp3) is 0.318. The molecule has 138 valence electrons. The Morgan fingerprint density at radius 2 is 1.85 bits per heavy atom. The predicted molar refractivity (Wildman–Crippen MR) is 103 cm³/mol. The molecule has 0 bridgehead atoms. The average molecular weight is 361 g/mol. The quantitative estimate of drug-likeness (QED) is 0.682. The zero-order valence-corrected chi connectivity index (χ0v) is 15.9. The van der Waals surface area contributed by atoms with Gasteiger partial charge in [0, 0.05) is 17.7 Å². The molecular weight excluding hydrogens is 338 g/mol. The summed E-state index contributed by atoms with van der Waals surface area (Å²) in [5.41, 5.74) is 4.97. The number of benzene rings is 2. The van der Waals surface area contributed by atoms with Crippen molar-refractivity contribution in [3.63, 3.8) is 0 Å². The summed E-state index contributed by atoms with van der Waals surface area (Å²) >= 11 is 0. The van der Waals surface area contributed by atoms with Gasteiger partial charge in [-0.1, -0.05) is 46.1 Å². The van der Waals surface area contributed by atoms with E-state index in [0.717, 1.165) is 40.7 Å². The monoisotopic (exact) mass is 361 g/mol. The average Bonchev–Trinajstić information content (AvgIpc) is 3.29. The molecule has 1 aliphatic rings. The lowest BCUT2D eigenvalue weighted by Gasteiger charge is -2.22. The highest BCUT2D eigenvalue weighted by atomic mass is 16.5. The first-order valence-corrected chi connectivity index (χ1v) is 9.31. The molecular formula is C22H23N3O2. The maximum absolute atomic E-state index is 13.1. The summed E-state index contributed by atoms with van der Waals surface area (Å²) in [6.45, 7) is 6.76. The highest BCUT2D eigenvalue weighted by Crippen LogP contribution is 2.33. The van der Waals surface area contributed by atoms with Crippen molar-refractivity contribution in [3.05, 3.63) is 70.6 Å². The minimum Gasteiger partial charge on any atom is -0.337 e. The minimum atomic E-state index is -0.163. The standard InChI is InChI=1S/C22H23N3O2/c1-14-6-4-7-17(11-14)20-23-21(27-24-20)19-8-5-9-25(19)22(26)18-12-15(2)10-16(3)13-18/h4,6-7,10-13,19H,5,8-9H2,1-3H3/t19-/m1/s1. The van der Waals surface area contributed by atoms with Crippen LogP contribution in [0, 0.1) is 20.8 Å². The summed E-state index contributed by atoms with van der Waals surface area (Å²) in [7, 11) is 0. The van der Waals surface area contributed by atoms with Gasteiger partial charge in [-0.05, 0) is 51.8 Å². The fourth-order valence-corrected chi connectivity index (χ4v) is 3.80. The van der Waals surface area contributed by atoms with Crippen LogP contribution < -0.4 is 0 Å². The molecule has 0 radical (unpaired) electrons. The number of hydrogen-bond acceptors (Lipinski definition) is 4. The van der Waals surface area contributed by atoms with Crippen LogP contribution in [-0.4, -0.2) is 27.5 Å². The Hall–Kier alpha value is -2.95. The van der Waals surface area contributed by atoms with Crippen LogP contribution in [0.3, 0.4) is 0 Å². The van der Waals surface area contributed by atoms with Crippen LogP contribution >= 0.6 is 0 Å². The third-order valence-corrected chi connectivity index (χ3v) is 4.99. The molecule has 0 N–H and O–H groups in total. The van der Waals surface area contributed by atoms with Crippen molar-refractivity contribution >= 4 is 5.91 Å². The van der Waals surface area contributed by atoms with Gasteiger partial charge in [0.15, 0.2) is 0 Å². The molecule has 3 aromatic rings. The molecule has 1 amide bonds. The van der Waals surface area contributed by atoms with Crippen LogP contribution in [0.1, 0.15) is 51.8 Å². The third-order valence-electron chi connectivity index (χ3n) is 4.99. The number of amides is 1. The molecule has 2 heterocycles. The lowest BCUT2D eigenvalue weighted by atomic mass is 10.1. The van der Waals surface area contributed by atoms with E-state index in [4.69, 9.17) is 4.52 Å². The number of aryl methyl sites for hydroxylation is 3. The van der Waals surface area contributed by atoms with Gasteiger partial charge in [0.1, 0.15) is 6.04 Å². The molecule has 0 aliphatic carbocycles. The topological polar surface area (TPSA) is 59.2 Å². The van der Waals surface area contributed by atoms with Crippen molar-refractivity contribution in [1.29, 1.82) is 0 Å². The summed E-state index contributed by atoms with van der Waals surface area (Å²) in [4.78, 5) is 19.5. The molecule has 0 unspecified atom stereocenters. The van der Waals surface area contributed by atoms with Gasteiger partial charge in [-0.3, -0.25) is 4.79 Å². The lowest BCUT2D eigenvalue weighted by molar-refractivity contribution is 0.0710. The van der Waals surface area contributed by atoms with Crippen molar-refractivity contribution in [3.8, 4) is 11.4 Å². The number of nitrogens with zero attached hydrogens (tertiary/aromatic N) is 3. The van der Waals surface area contributed by atoms with E-state index in [9.17, 15) is 4.79 Å². The third kappa shape index (κ3) is 3.50. The SMILES string of the molecule is Cc1cc(C)cc(C(=O)N2CCC[C@@H]2c2nc(-c3cccc(C)c3)no2)c1. The molecule has 0 spiro atoms. The molecule has 27 heavy (non-hydrogen) atoms. The van der Waals surface area contributed by atoms with Crippen molar-refractivity contribution in [1.82, 2.24) is 15.0 Å². The van der Waals surface area contributed by atoms with E-state index in [-0.39, 0.29) is 11.9 Å². The van der Waals surface area contributed by atoms with Crippen molar-refractivity contribution in [2.45, 2.75) is 39.7 Å². The van der Waals surface area contributed by atoms with E-state index in [1.54, 1.807) is 0 Å². The first kappa shape index (κ1) is 17.5. The van der Waals surface area contributed by atoms with Crippen LogP contribution in [0.25, 0.3) is 11.4 Å². The van der Waals surface area contributed by atoms with Gasteiger partial charge in [0.05, 0.1) is 0 Å². The molecule has 1 aromatic heterocycles. The second kappa shape index (κ2) is 6.99. The summed E-state index contributed by atoms with van der Waals surface area (Å²) in [6, 6.07) is 13.8. The van der Waals surface area contributed by atoms with Crippen LogP contribution in [0.2, 0.25) is 0 Å². The summed E-state index contributed by atoms with van der Waals surface area (Å²) in [6.07, 6.45) is 1.77. The van der Waals surface area contributed by atoms with E-state index < -0.39 is 0 Å². The van der Waals surface area contributed by atoms with Crippen LogP contribution in [0.4, 0.5) is 0 Å². The minimum absolute atomic E-state index is 0.0274. The molecule has 1 saturated heterocycles. The number of rotatable bonds is 3. The summed E-state index contributed by atoms with van der Waals surface area (Å²) in [5.74, 6) is 1.11. The largest absolute Gasteiger partial charge is 0.337 e. The zero-order valence-electron chi connectivity index (χ0n) is 15.9. The number of aromatic nitrogens is 2. The Balaban J connectivity index is 1.61. The van der Waals surface area contributed by atoms with Crippen LogP contribution in [-0.2, 0) is 0 Å². The maximum Gasteiger partial charge on any atom is 0.254 e. The van der Waals surface area contributed by atoms with Gasteiger partial charge in [0.2, 0.25) is 11.7 Å². The Kier molecular flexibility index (Phi) is 4.52. The van der Waals surface area contributed by atoms with Crippen molar-refractivity contribution in [2.24, 2.45) is 0 Å². The van der Waals surface area contributed by atoms with Gasteiger partial charge in [-0.25, -0.2) is 0 Å². The van der Waals surface area contributed by atoms with Crippen molar-refractivity contribution < 1.29 is 9.32 Å². The summed E-state index contributed by atoms with van der Waals surface area (Å²) in [5, 5.41) is 4.14. The second-order valence-electron chi connectivity index (χ2n) is 7.36. The molecule has 5 heteroatoms. The lowest BCUT2D eigenvalue weighted by Crippen LogP contribution is -2.30. The smallest absolute Gasteiger partial charge is 0.254 e. The molecule has 0 saturated carbocycles. The first-order chi connectivity index (χ1) is 13.0. The van der Waals surface area contributed by atoms with Gasteiger partial charge in [-0.2, -0.15) is 4.98 Å². The van der Waals surface area contributed by atoms with Gasteiger partial charge < -0.3 is 9.42 Å². The molecule has 4 rings (SSSR count). The molecule has 1 atom stereocenters. The van der Waals surface area contributed by atoms with E-state index in [2.05, 4.69) is 16.2 Å². The van der Waals surface area contributed by atoms with E-state index in [0.29, 0.717) is 18.3 Å². The van der Waals surface area contributed by atoms with Crippen LogP contribution in [0.15, 0.2) is 47.0 Å². The Labute approximate surface area is 159 Å². The fourth-order valence-electron chi connectivity index (χ4n) is 3.80. The highest BCUT2D eigenvalue weighted by molar-refractivity contribution is 5.95. The summed E-state index contributed by atoms with van der Waals surface area (Å²) < 4.78 is 5.55. The highest BCUT2D eigenvalue weighted by Gasteiger charge is 2.34. The number of hydrogen-bond donors (Lipinski definition) is 0. The maximum atomic E-state index is 13.1. The van der Waals surface area contributed by atoms with Crippen molar-refractivity contribution in [2.75, 3.05) is 6.54 Å². The van der Waals surface area contributed by atoms with Crippen LogP contribution in [0.5, 0.6) is 0 Å². The Morgan fingerprint density at radius 1 is 1.07 bits per heavy atom. The molecule has 2 aromatic carbocycles. The van der Waals surface area contributed by atoms with E-state index in [1.807, 2.05) is 62.1 Å². The van der Waals surface area contributed by atoms with E-state index in [1.165, 1.54) is 0 Å². The Morgan fingerprint density at radius 3 is 2.59 bits per heavy atom. The molecule has 1 aliphatic heterocycles. The van der Waals surface area contributed by atoms with Gasteiger partial charge >= 0.3 is 0 Å². The number of carbonyl (C=O) groups excluding carboxylic acids is 1. The molecule has 1 fully saturated rings. The van der Waals surface area contributed by atoms with Gasteiger partial charge in [0.25, 0.3) is 5.91 Å². The van der Waals surface area contributed by atoms with E-state index >= 15 is 0 Å². The predicted octanol–water partition coefficient (Wildman–Crippen LogP) is 4.64. The Bertz CT molecular complexity index is 972. The zero-order chi connectivity index (χ0) is 19.0. The number of carbonyl (C=O) groups is 1. The van der Waals surface area contributed by atoms with Gasteiger partial charge in [-0.15, -0.1) is 0 Å². The normalized spacial score (nSPS) is 16.7. The number of likely N-dealkylation sites (tertiary alicyclic amines) is 1. The second-order valence-corrected chi connectivity index (χ2v) is 7.36. The molecule has 5 nitrogen and oxygen atoms in total. The first-order valence-electron chi connectivity index (χ1n) is 9.31.